The van der Waals surface area contributed by atoms with Gasteiger partial charge in [0.05, 0.1) is 4.90 Å². The standard InChI is InChI=1S/C19H22FN3O3S/c1-12-5-8-16(10-17(12)20)27(25,26)23-15-4-2-3-14(9-15)19(24)22-11-18(21)13-6-7-13/h2-5,8-10,13,18,23H,6-7,11,21H2,1H3,(H,22,24). The highest BCUT2D eigenvalue weighted by atomic mass is 32.2. The summed E-state index contributed by atoms with van der Waals surface area (Å²) < 4.78 is 40.9. The molecule has 0 heterocycles. The van der Waals surface area contributed by atoms with Crippen molar-refractivity contribution in [1.82, 2.24) is 5.32 Å². The highest BCUT2D eigenvalue weighted by molar-refractivity contribution is 7.92. The molecule has 8 heteroatoms. The van der Waals surface area contributed by atoms with E-state index in [-0.39, 0.29) is 22.5 Å². The van der Waals surface area contributed by atoms with Crippen molar-refractivity contribution in [2.75, 3.05) is 11.3 Å². The summed E-state index contributed by atoms with van der Waals surface area (Å²) in [5.41, 5.74) is 6.86. The number of hydrogen-bond acceptors (Lipinski definition) is 4. The van der Waals surface area contributed by atoms with Gasteiger partial charge in [0.1, 0.15) is 5.82 Å². The van der Waals surface area contributed by atoms with E-state index in [4.69, 9.17) is 5.73 Å². The second-order valence-corrected chi connectivity index (χ2v) is 8.49. The normalized spacial score (nSPS) is 15.2. The summed E-state index contributed by atoms with van der Waals surface area (Å²) in [4.78, 5) is 12.1. The highest BCUT2D eigenvalue weighted by Gasteiger charge is 2.28. The number of aryl methyl sites for hydroxylation is 1. The first-order chi connectivity index (χ1) is 12.8. The molecule has 27 heavy (non-hydrogen) atoms. The van der Waals surface area contributed by atoms with E-state index in [1.54, 1.807) is 19.1 Å². The van der Waals surface area contributed by atoms with E-state index in [9.17, 15) is 17.6 Å². The fourth-order valence-electron chi connectivity index (χ4n) is 2.68. The molecule has 1 aliphatic carbocycles. The maximum absolute atomic E-state index is 13.7. The number of halogens is 1. The summed E-state index contributed by atoms with van der Waals surface area (Å²) in [6, 6.07) is 9.74. The van der Waals surface area contributed by atoms with Crippen LogP contribution in [0.15, 0.2) is 47.4 Å². The molecule has 0 aromatic heterocycles. The predicted molar refractivity (Wildman–Crippen MR) is 101 cm³/mol. The first-order valence-corrected chi connectivity index (χ1v) is 10.2. The summed E-state index contributed by atoms with van der Waals surface area (Å²) >= 11 is 0. The number of nitrogens with two attached hydrogens (primary N) is 1. The maximum Gasteiger partial charge on any atom is 0.261 e. The number of benzene rings is 2. The minimum absolute atomic E-state index is 0.0629. The monoisotopic (exact) mass is 391 g/mol. The van der Waals surface area contributed by atoms with Crippen LogP contribution in [0.4, 0.5) is 10.1 Å². The van der Waals surface area contributed by atoms with Crippen LogP contribution in [-0.2, 0) is 10.0 Å². The number of carbonyl (C=O) groups is 1. The van der Waals surface area contributed by atoms with Gasteiger partial charge in [-0.3, -0.25) is 9.52 Å². The summed E-state index contributed by atoms with van der Waals surface area (Å²) in [5.74, 6) is -0.454. The average molecular weight is 391 g/mol. The Balaban J connectivity index is 1.70. The Morgan fingerprint density at radius 1 is 1.26 bits per heavy atom. The Morgan fingerprint density at radius 2 is 2.00 bits per heavy atom. The van der Waals surface area contributed by atoms with Crippen LogP contribution in [0.3, 0.4) is 0 Å². The summed E-state index contributed by atoms with van der Waals surface area (Å²) in [6.07, 6.45) is 2.18. The molecule has 1 unspecified atom stereocenters. The van der Waals surface area contributed by atoms with Gasteiger partial charge in [-0.05, 0) is 61.6 Å². The number of anilines is 1. The number of rotatable bonds is 7. The van der Waals surface area contributed by atoms with Gasteiger partial charge in [0, 0.05) is 23.8 Å². The van der Waals surface area contributed by atoms with Crippen LogP contribution in [0.2, 0.25) is 0 Å². The zero-order valence-electron chi connectivity index (χ0n) is 14.9. The number of sulfonamides is 1. The van der Waals surface area contributed by atoms with Gasteiger partial charge in [-0.2, -0.15) is 0 Å². The minimum atomic E-state index is -3.97. The number of nitrogens with one attached hydrogen (secondary N) is 2. The molecular formula is C19H22FN3O3S. The number of amides is 1. The Bertz CT molecular complexity index is 958. The molecule has 1 atom stereocenters. The van der Waals surface area contributed by atoms with Crippen LogP contribution < -0.4 is 15.8 Å². The second-order valence-electron chi connectivity index (χ2n) is 6.81. The van der Waals surface area contributed by atoms with Gasteiger partial charge in [-0.15, -0.1) is 0 Å². The summed E-state index contributed by atoms with van der Waals surface area (Å²) in [6.45, 7) is 1.93. The zero-order chi connectivity index (χ0) is 19.6. The zero-order valence-corrected chi connectivity index (χ0v) is 15.7. The molecule has 2 aromatic rings. The van der Waals surface area contributed by atoms with Crippen LogP contribution in [0.1, 0.15) is 28.8 Å². The van der Waals surface area contributed by atoms with Crippen molar-refractivity contribution in [3.8, 4) is 0 Å². The van der Waals surface area contributed by atoms with E-state index < -0.39 is 15.8 Å². The molecule has 1 fully saturated rings. The Morgan fingerprint density at radius 3 is 2.67 bits per heavy atom. The van der Waals surface area contributed by atoms with Crippen molar-refractivity contribution in [3.05, 3.63) is 59.4 Å². The minimum Gasteiger partial charge on any atom is -0.350 e. The molecule has 0 saturated heterocycles. The second kappa shape index (κ2) is 7.66. The predicted octanol–water partition coefficient (Wildman–Crippen LogP) is 2.40. The van der Waals surface area contributed by atoms with Crippen molar-refractivity contribution >= 4 is 21.6 Å². The highest BCUT2D eigenvalue weighted by Crippen LogP contribution is 2.31. The molecular weight excluding hydrogens is 369 g/mol. The quantitative estimate of drug-likeness (QED) is 0.675. The van der Waals surface area contributed by atoms with Gasteiger partial charge in [0.15, 0.2) is 0 Å². The lowest BCUT2D eigenvalue weighted by molar-refractivity contribution is 0.0950. The number of carbonyl (C=O) groups excluding carboxylic acids is 1. The third-order valence-electron chi connectivity index (χ3n) is 4.56. The molecule has 0 bridgehead atoms. The van der Waals surface area contributed by atoms with Gasteiger partial charge in [-0.1, -0.05) is 12.1 Å². The third kappa shape index (κ3) is 4.84. The van der Waals surface area contributed by atoms with Crippen LogP contribution in [0.5, 0.6) is 0 Å². The fourth-order valence-corrected chi connectivity index (χ4v) is 3.74. The topological polar surface area (TPSA) is 101 Å². The molecule has 0 radical (unpaired) electrons. The van der Waals surface area contributed by atoms with Crippen molar-refractivity contribution < 1.29 is 17.6 Å². The van der Waals surface area contributed by atoms with Crippen LogP contribution in [-0.4, -0.2) is 26.9 Å². The Hall–Kier alpha value is -2.45. The van der Waals surface area contributed by atoms with Gasteiger partial charge in [-0.25, -0.2) is 12.8 Å². The lowest BCUT2D eigenvalue weighted by Gasteiger charge is -2.13. The van der Waals surface area contributed by atoms with Gasteiger partial charge in [0.2, 0.25) is 0 Å². The van der Waals surface area contributed by atoms with Gasteiger partial charge in [0.25, 0.3) is 15.9 Å². The van der Waals surface area contributed by atoms with E-state index in [1.165, 1.54) is 24.3 Å². The van der Waals surface area contributed by atoms with Crippen LogP contribution in [0.25, 0.3) is 0 Å². The van der Waals surface area contributed by atoms with E-state index in [0.29, 0.717) is 23.6 Å². The molecule has 0 aliphatic heterocycles. The average Bonchev–Trinajstić information content (AvgIpc) is 3.46. The Kier molecular flexibility index (Phi) is 5.48. The van der Waals surface area contributed by atoms with Gasteiger partial charge >= 0.3 is 0 Å². The first kappa shape index (κ1) is 19.3. The first-order valence-electron chi connectivity index (χ1n) is 8.69. The van der Waals surface area contributed by atoms with E-state index in [2.05, 4.69) is 10.0 Å². The van der Waals surface area contributed by atoms with Crippen molar-refractivity contribution in [2.24, 2.45) is 11.7 Å². The SMILES string of the molecule is Cc1ccc(S(=O)(=O)Nc2cccc(C(=O)NCC(N)C3CC3)c2)cc1F. The molecule has 6 nitrogen and oxygen atoms in total. The molecule has 1 amide bonds. The molecule has 2 aromatic carbocycles. The molecule has 4 N–H and O–H groups in total. The largest absolute Gasteiger partial charge is 0.350 e. The van der Waals surface area contributed by atoms with Gasteiger partial charge < -0.3 is 11.1 Å². The third-order valence-corrected chi connectivity index (χ3v) is 5.94. The lowest BCUT2D eigenvalue weighted by atomic mass is 10.1. The smallest absolute Gasteiger partial charge is 0.261 e. The van der Waals surface area contributed by atoms with Crippen LogP contribution >= 0.6 is 0 Å². The van der Waals surface area contributed by atoms with E-state index in [1.807, 2.05) is 0 Å². The molecule has 1 aliphatic rings. The molecule has 1 saturated carbocycles. The van der Waals surface area contributed by atoms with E-state index >= 15 is 0 Å². The molecule has 0 spiro atoms. The Labute approximate surface area is 158 Å². The fraction of sp³-hybridized carbons (Fsp3) is 0.316. The maximum atomic E-state index is 13.7. The molecule has 3 rings (SSSR count). The van der Waals surface area contributed by atoms with Crippen molar-refractivity contribution in [3.63, 3.8) is 0 Å². The summed E-state index contributed by atoms with van der Waals surface area (Å²) in [5, 5.41) is 2.76. The van der Waals surface area contributed by atoms with Crippen LogP contribution in [0, 0.1) is 18.7 Å². The van der Waals surface area contributed by atoms with E-state index in [0.717, 1.165) is 18.9 Å². The lowest BCUT2D eigenvalue weighted by Crippen LogP contribution is -2.38. The molecule has 144 valence electrons. The van der Waals surface area contributed by atoms with Crippen molar-refractivity contribution in [2.45, 2.75) is 30.7 Å². The number of hydrogen-bond donors (Lipinski definition) is 3. The summed E-state index contributed by atoms with van der Waals surface area (Å²) in [7, 11) is -3.97. The van der Waals surface area contributed by atoms with Crippen molar-refractivity contribution in [1.29, 1.82) is 0 Å².